The van der Waals surface area contributed by atoms with Crippen LogP contribution in [0.25, 0.3) is 11.3 Å². The number of alkyl halides is 3. The molecule has 39 heavy (non-hydrogen) atoms. The van der Waals surface area contributed by atoms with Gasteiger partial charge in [0.05, 0.1) is 18.3 Å². The molecule has 0 bridgehead atoms. The lowest BCUT2D eigenvalue weighted by Crippen LogP contribution is -2.37. The minimum absolute atomic E-state index is 0.0155. The third kappa shape index (κ3) is 6.08. The van der Waals surface area contributed by atoms with Crippen molar-refractivity contribution < 1.29 is 32.1 Å². The molecule has 206 valence electrons. The quantitative estimate of drug-likeness (QED) is 0.126. The van der Waals surface area contributed by atoms with E-state index in [1.165, 1.54) is 12.1 Å². The molecular formula is C28H29F3N4O4. The number of nitrogens with zero attached hydrogens (tertiary/aromatic N) is 3. The molecule has 0 spiro atoms. The summed E-state index contributed by atoms with van der Waals surface area (Å²) in [7, 11) is 1.69. The molecule has 2 aliphatic rings. The molecule has 1 saturated carbocycles. The smallest absolute Gasteiger partial charge is 0.373 e. The molecule has 0 unspecified atom stereocenters. The molecule has 1 saturated heterocycles. The number of rotatable bonds is 9. The molecule has 8 nitrogen and oxygen atoms in total. The van der Waals surface area contributed by atoms with Gasteiger partial charge >= 0.3 is 12.6 Å². The van der Waals surface area contributed by atoms with E-state index in [9.17, 15) is 18.0 Å². The third-order valence-electron chi connectivity index (χ3n) is 7.09. The molecule has 3 aromatic rings. The average Bonchev–Trinajstić information content (AvgIpc) is 3.71. The maximum atomic E-state index is 13.7. The van der Waals surface area contributed by atoms with Gasteiger partial charge in [0.2, 0.25) is 0 Å². The van der Waals surface area contributed by atoms with Gasteiger partial charge in [0.25, 0.3) is 0 Å². The normalized spacial score (nSPS) is 16.8. The minimum atomic E-state index is -4.50. The number of ether oxygens (including phenoxy) is 1. The Morgan fingerprint density at radius 2 is 1.85 bits per heavy atom. The van der Waals surface area contributed by atoms with Crippen LogP contribution >= 0.6 is 0 Å². The van der Waals surface area contributed by atoms with Gasteiger partial charge in [-0.25, -0.2) is 0 Å². The zero-order valence-corrected chi connectivity index (χ0v) is 21.4. The summed E-state index contributed by atoms with van der Waals surface area (Å²) in [4.78, 5) is 17.2. The predicted molar refractivity (Wildman–Crippen MR) is 138 cm³/mol. The van der Waals surface area contributed by atoms with Gasteiger partial charge in [-0.3, -0.25) is 4.79 Å². The summed E-state index contributed by atoms with van der Waals surface area (Å²) in [5, 5.41) is 10.7. The second kappa shape index (κ2) is 11.5. The van der Waals surface area contributed by atoms with Gasteiger partial charge in [-0.1, -0.05) is 28.5 Å². The standard InChI is InChI=1S/C28H29F3N4O4/c1-32-27(34-38-17-36)19-8-10-20(11-9-19)35-14-12-21(13-15-35)37-16-23-25(33-39-26(23)18-6-7-18)22-4-2-3-5-24(22)28(29,30)31/h2-5,8-11,17-18,21H,6-7,12-16H2,1H3,(H,32,34). The van der Waals surface area contributed by atoms with E-state index in [1.54, 1.807) is 13.1 Å². The molecule has 11 heteroatoms. The van der Waals surface area contributed by atoms with Gasteiger partial charge in [0, 0.05) is 48.4 Å². The zero-order chi connectivity index (χ0) is 27.4. The third-order valence-corrected chi connectivity index (χ3v) is 7.09. The molecule has 5 rings (SSSR count). The number of amidine groups is 1. The van der Waals surface area contributed by atoms with Crippen molar-refractivity contribution in [3.05, 3.63) is 71.0 Å². The number of halogens is 3. The number of hydrogen-bond donors (Lipinski definition) is 1. The average molecular weight is 543 g/mol. The first-order valence-electron chi connectivity index (χ1n) is 12.9. The number of benzene rings is 2. The highest BCUT2D eigenvalue weighted by Crippen LogP contribution is 2.46. The lowest BCUT2D eigenvalue weighted by atomic mass is 9.99. The van der Waals surface area contributed by atoms with Gasteiger partial charge in [-0.05, 0) is 56.0 Å². The first kappa shape index (κ1) is 26.7. The maximum absolute atomic E-state index is 13.7. The molecule has 1 aliphatic carbocycles. The highest BCUT2D eigenvalue weighted by molar-refractivity contribution is 5.98. The summed E-state index contributed by atoms with van der Waals surface area (Å²) in [5.41, 5.74) is 1.94. The molecule has 0 atom stereocenters. The van der Waals surface area contributed by atoms with Crippen molar-refractivity contribution in [1.29, 1.82) is 0 Å². The van der Waals surface area contributed by atoms with E-state index in [0.29, 0.717) is 17.2 Å². The van der Waals surface area contributed by atoms with Crippen LogP contribution in [0.2, 0.25) is 0 Å². The van der Waals surface area contributed by atoms with E-state index in [0.717, 1.165) is 56.1 Å². The SMILES string of the molecule is CN/C(=N\OC=O)c1ccc(N2CCC(OCc3c(-c4ccccc4C(F)(F)F)noc3C3CC3)CC2)cc1. The fourth-order valence-electron chi connectivity index (χ4n) is 4.91. The number of carbonyl (C=O) groups is 1. The summed E-state index contributed by atoms with van der Waals surface area (Å²) >= 11 is 0. The summed E-state index contributed by atoms with van der Waals surface area (Å²) in [6.45, 7) is 1.96. The molecule has 1 aromatic heterocycles. The van der Waals surface area contributed by atoms with Crippen LogP contribution in [0, 0.1) is 0 Å². The molecule has 2 heterocycles. The maximum Gasteiger partial charge on any atom is 0.417 e. The molecule has 0 radical (unpaired) electrons. The Kier molecular flexibility index (Phi) is 7.87. The van der Waals surface area contributed by atoms with Crippen LogP contribution in [0.1, 0.15) is 54.1 Å². The highest BCUT2D eigenvalue weighted by atomic mass is 19.4. The molecule has 2 fully saturated rings. The monoisotopic (exact) mass is 542 g/mol. The van der Waals surface area contributed by atoms with Crippen molar-refractivity contribution in [2.75, 3.05) is 25.0 Å². The number of nitrogens with one attached hydrogen (secondary N) is 1. The lowest BCUT2D eigenvalue weighted by molar-refractivity contribution is -0.137. The van der Waals surface area contributed by atoms with Crippen molar-refractivity contribution in [3.8, 4) is 11.3 Å². The Morgan fingerprint density at radius 3 is 2.49 bits per heavy atom. The van der Waals surface area contributed by atoms with Crippen LogP contribution < -0.4 is 10.2 Å². The number of aromatic nitrogens is 1. The molecule has 0 amide bonds. The van der Waals surface area contributed by atoms with Crippen LogP contribution in [0.5, 0.6) is 0 Å². The van der Waals surface area contributed by atoms with E-state index < -0.39 is 11.7 Å². The van der Waals surface area contributed by atoms with Crippen molar-refractivity contribution in [1.82, 2.24) is 10.5 Å². The molecule has 1 aliphatic heterocycles. The first-order valence-corrected chi connectivity index (χ1v) is 12.9. The zero-order valence-electron chi connectivity index (χ0n) is 21.4. The van der Waals surface area contributed by atoms with Gasteiger partial charge in [0.15, 0.2) is 5.84 Å². The van der Waals surface area contributed by atoms with Crippen LogP contribution in [-0.2, 0) is 27.2 Å². The number of carbonyl (C=O) groups excluding carboxylic acids is 1. The number of oxime groups is 1. The van der Waals surface area contributed by atoms with Crippen molar-refractivity contribution in [3.63, 3.8) is 0 Å². The Hall–Kier alpha value is -3.86. The van der Waals surface area contributed by atoms with E-state index in [-0.39, 0.29) is 36.4 Å². The van der Waals surface area contributed by atoms with Gasteiger partial charge < -0.3 is 24.3 Å². The first-order chi connectivity index (χ1) is 18.9. The fraction of sp³-hybridized carbons (Fsp3) is 0.393. The van der Waals surface area contributed by atoms with Crippen LogP contribution in [0.15, 0.2) is 58.2 Å². The largest absolute Gasteiger partial charge is 0.417 e. The Bertz CT molecular complexity index is 1310. The van der Waals surface area contributed by atoms with Gasteiger partial charge in [-0.15, -0.1) is 0 Å². The highest BCUT2D eigenvalue weighted by Gasteiger charge is 2.37. The summed E-state index contributed by atoms with van der Waals surface area (Å²) in [5.74, 6) is 1.27. The Morgan fingerprint density at radius 1 is 1.13 bits per heavy atom. The van der Waals surface area contributed by atoms with E-state index in [4.69, 9.17) is 9.26 Å². The second-order valence-electron chi connectivity index (χ2n) is 9.63. The Balaban J connectivity index is 1.24. The summed E-state index contributed by atoms with van der Waals surface area (Å²) < 4.78 is 52.9. The summed E-state index contributed by atoms with van der Waals surface area (Å²) in [6, 6.07) is 13.2. The number of hydrogen-bond acceptors (Lipinski definition) is 7. The second-order valence-corrected chi connectivity index (χ2v) is 9.63. The molecular weight excluding hydrogens is 513 g/mol. The topological polar surface area (TPSA) is 89.2 Å². The predicted octanol–water partition coefficient (Wildman–Crippen LogP) is 5.48. The molecule has 1 N–H and O–H groups in total. The minimum Gasteiger partial charge on any atom is -0.373 e. The van der Waals surface area contributed by atoms with Crippen LogP contribution in [0.4, 0.5) is 18.9 Å². The van der Waals surface area contributed by atoms with E-state index in [2.05, 4.69) is 25.4 Å². The van der Waals surface area contributed by atoms with E-state index >= 15 is 0 Å². The Labute approximate surface area is 223 Å². The van der Waals surface area contributed by atoms with Crippen molar-refractivity contribution in [2.45, 2.75) is 50.5 Å². The lowest BCUT2D eigenvalue weighted by Gasteiger charge is -2.33. The van der Waals surface area contributed by atoms with Crippen molar-refractivity contribution >= 4 is 18.0 Å². The summed E-state index contributed by atoms with van der Waals surface area (Å²) in [6.07, 6.45) is -1.11. The van der Waals surface area contributed by atoms with Gasteiger partial charge in [0.1, 0.15) is 11.5 Å². The molecule has 2 aromatic carbocycles. The number of piperidine rings is 1. The van der Waals surface area contributed by atoms with Crippen molar-refractivity contribution in [2.24, 2.45) is 5.16 Å². The van der Waals surface area contributed by atoms with Gasteiger partial charge in [-0.2, -0.15) is 13.2 Å². The van der Waals surface area contributed by atoms with Crippen LogP contribution in [0.3, 0.4) is 0 Å². The van der Waals surface area contributed by atoms with E-state index in [1.807, 2.05) is 24.3 Å². The number of anilines is 1. The van der Waals surface area contributed by atoms with Crippen LogP contribution in [-0.4, -0.2) is 43.7 Å². The fourth-order valence-corrected chi connectivity index (χ4v) is 4.91.